The average molecular weight is 264 g/mol. The first-order chi connectivity index (χ1) is 8.70. The van der Waals surface area contributed by atoms with Gasteiger partial charge in [0.25, 0.3) is 0 Å². The monoisotopic (exact) mass is 264 g/mol. The second-order valence-corrected chi connectivity index (χ2v) is 4.44. The van der Waals surface area contributed by atoms with Crippen molar-refractivity contribution in [2.45, 2.75) is 6.61 Å². The molecule has 0 saturated heterocycles. The molecule has 2 aromatic rings. The fraction of sp³-hybridized carbons (Fsp3) is 0.167. The van der Waals surface area contributed by atoms with Crippen LogP contribution in [0.2, 0.25) is 0 Å². The van der Waals surface area contributed by atoms with Crippen LogP contribution in [0, 0.1) is 0 Å². The van der Waals surface area contributed by atoms with Crippen molar-refractivity contribution in [1.82, 2.24) is 4.98 Å². The van der Waals surface area contributed by atoms with Gasteiger partial charge in [0.1, 0.15) is 22.9 Å². The van der Waals surface area contributed by atoms with Crippen LogP contribution in [0.4, 0.5) is 5.69 Å². The largest absolute Gasteiger partial charge is 0.496 e. The molecule has 0 atom stereocenters. The number of hydrogen-bond donors (Lipinski definition) is 1. The summed E-state index contributed by atoms with van der Waals surface area (Å²) in [6.45, 7) is 0.147. The Hall–Kier alpha value is -2.08. The molecular weight excluding hydrogens is 252 g/mol. The van der Waals surface area contributed by atoms with Gasteiger partial charge in [0, 0.05) is 17.3 Å². The van der Waals surface area contributed by atoms with E-state index in [1.165, 1.54) is 24.5 Å². The van der Waals surface area contributed by atoms with Crippen LogP contribution in [-0.2, 0) is 11.3 Å². The van der Waals surface area contributed by atoms with Crippen molar-refractivity contribution >= 4 is 23.0 Å². The SMILES string of the molecule is COc1ccc(N)cc1C(=O)OCc1nccs1. The molecule has 0 aliphatic carbocycles. The number of thiazole rings is 1. The zero-order valence-electron chi connectivity index (χ0n) is 9.75. The first-order valence-corrected chi connectivity index (χ1v) is 6.07. The lowest BCUT2D eigenvalue weighted by atomic mass is 10.2. The van der Waals surface area contributed by atoms with Gasteiger partial charge in [-0.3, -0.25) is 0 Å². The molecule has 6 heteroatoms. The summed E-state index contributed by atoms with van der Waals surface area (Å²) in [4.78, 5) is 15.9. The molecule has 0 saturated carbocycles. The van der Waals surface area contributed by atoms with E-state index < -0.39 is 5.97 Å². The number of rotatable bonds is 4. The molecule has 0 spiro atoms. The normalized spacial score (nSPS) is 10.1. The van der Waals surface area contributed by atoms with Gasteiger partial charge in [0.2, 0.25) is 0 Å². The molecule has 94 valence electrons. The predicted molar refractivity (Wildman–Crippen MR) is 68.6 cm³/mol. The smallest absolute Gasteiger partial charge is 0.342 e. The van der Waals surface area contributed by atoms with E-state index >= 15 is 0 Å². The number of nitrogens with two attached hydrogens (primary N) is 1. The molecule has 0 fully saturated rings. The summed E-state index contributed by atoms with van der Waals surface area (Å²) in [5.74, 6) is -0.0392. The Labute approximate surface area is 108 Å². The van der Waals surface area contributed by atoms with E-state index in [1.807, 2.05) is 5.38 Å². The van der Waals surface area contributed by atoms with Crippen LogP contribution in [0.3, 0.4) is 0 Å². The van der Waals surface area contributed by atoms with E-state index in [4.69, 9.17) is 15.2 Å². The van der Waals surface area contributed by atoms with Crippen LogP contribution < -0.4 is 10.5 Å². The molecule has 1 heterocycles. The summed E-state index contributed by atoms with van der Waals surface area (Å²) in [7, 11) is 1.49. The molecule has 0 amide bonds. The lowest BCUT2D eigenvalue weighted by Crippen LogP contribution is -2.07. The minimum Gasteiger partial charge on any atom is -0.496 e. The summed E-state index contributed by atoms with van der Waals surface area (Å²) in [6.07, 6.45) is 1.66. The highest BCUT2D eigenvalue weighted by Gasteiger charge is 2.14. The number of carbonyl (C=O) groups excluding carboxylic acids is 1. The van der Waals surface area contributed by atoms with E-state index in [1.54, 1.807) is 18.3 Å². The lowest BCUT2D eigenvalue weighted by Gasteiger charge is -2.08. The van der Waals surface area contributed by atoms with E-state index in [0.717, 1.165) is 5.01 Å². The Kier molecular flexibility index (Phi) is 3.78. The molecule has 0 bridgehead atoms. The highest BCUT2D eigenvalue weighted by Crippen LogP contribution is 2.22. The van der Waals surface area contributed by atoms with Crippen molar-refractivity contribution in [3.8, 4) is 5.75 Å². The highest BCUT2D eigenvalue weighted by molar-refractivity contribution is 7.09. The Morgan fingerprint density at radius 2 is 2.33 bits per heavy atom. The van der Waals surface area contributed by atoms with Crippen molar-refractivity contribution < 1.29 is 14.3 Å². The van der Waals surface area contributed by atoms with E-state index in [0.29, 0.717) is 17.0 Å². The number of carbonyl (C=O) groups is 1. The Balaban J connectivity index is 2.10. The number of methoxy groups -OCH3 is 1. The molecular formula is C12H12N2O3S. The summed E-state index contributed by atoms with van der Waals surface area (Å²) >= 11 is 1.43. The topological polar surface area (TPSA) is 74.4 Å². The van der Waals surface area contributed by atoms with Gasteiger partial charge in [-0.05, 0) is 18.2 Å². The first kappa shape index (κ1) is 12.4. The van der Waals surface area contributed by atoms with Crippen molar-refractivity contribution in [2.75, 3.05) is 12.8 Å². The lowest BCUT2D eigenvalue weighted by molar-refractivity contribution is 0.0469. The maximum absolute atomic E-state index is 11.9. The minimum atomic E-state index is -0.477. The van der Waals surface area contributed by atoms with Crippen molar-refractivity contribution in [3.63, 3.8) is 0 Å². The zero-order valence-corrected chi connectivity index (χ0v) is 10.6. The molecule has 0 radical (unpaired) electrons. The van der Waals surface area contributed by atoms with Gasteiger partial charge in [-0.15, -0.1) is 11.3 Å². The third-order valence-electron chi connectivity index (χ3n) is 2.25. The Morgan fingerprint density at radius 3 is 3.00 bits per heavy atom. The Bertz CT molecular complexity index is 540. The first-order valence-electron chi connectivity index (χ1n) is 5.19. The number of anilines is 1. The van der Waals surface area contributed by atoms with Crippen LogP contribution in [0.15, 0.2) is 29.8 Å². The minimum absolute atomic E-state index is 0.147. The zero-order chi connectivity index (χ0) is 13.0. The number of benzene rings is 1. The van der Waals surface area contributed by atoms with E-state index in [-0.39, 0.29) is 6.61 Å². The van der Waals surface area contributed by atoms with Crippen LogP contribution in [0.5, 0.6) is 5.75 Å². The molecule has 1 aromatic heterocycles. The third kappa shape index (κ3) is 2.78. The van der Waals surface area contributed by atoms with Gasteiger partial charge in [-0.25, -0.2) is 9.78 Å². The second-order valence-electron chi connectivity index (χ2n) is 3.46. The highest BCUT2D eigenvalue weighted by atomic mass is 32.1. The van der Waals surface area contributed by atoms with Crippen molar-refractivity contribution in [1.29, 1.82) is 0 Å². The number of nitrogens with zero attached hydrogens (tertiary/aromatic N) is 1. The standard InChI is InChI=1S/C12H12N2O3S/c1-16-10-3-2-8(13)6-9(10)12(15)17-7-11-14-4-5-18-11/h2-6H,7,13H2,1H3. The summed E-state index contributed by atoms with van der Waals surface area (Å²) in [5.41, 5.74) is 6.43. The average Bonchev–Trinajstić information content (AvgIpc) is 2.89. The van der Waals surface area contributed by atoms with Crippen LogP contribution in [0.25, 0.3) is 0 Å². The molecule has 2 N–H and O–H groups in total. The quantitative estimate of drug-likeness (QED) is 0.676. The molecule has 2 rings (SSSR count). The Morgan fingerprint density at radius 1 is 1.50 bits per heavy atom. The second kappa shape index (κ2) is 5.50. The molecule has 5 nitrogen and oxygen atoms in total. The van der Waals surface area contributed by atoms with E-state index in [2.05, 4.69) is 4.98 Å². The predicted octanol–water partition coefficient (Wildman–Crippen LogP) is 2.09. The van der Waals surface area contributed by atoms with Crippen molar-refractivity contribution in [3.05, 3.63) is 40.3 Å². The summed E-state index contributed by atoms with van der Waals surface area (Å²) in [5, 5.41) is 2.57. The summed E-state index contributed by atoms with van der Waals surface area (Å²) in [6, 6.07) is 4.83. The van der Waals surface area contributed by atoms with Gasteiger partial charge < -0.3 is 15.2 Å². The number of aromatic nitrogens is 1. The van der Waals surface area contributed by atoms with Gasteiger partial charge in [0.15, 0.2) is 0 Å². The number of nitrogen functional groups attached to an aromatic ring is 1. The van der Waals surface area contributed by atoms with Gasteiger partial charge in [-0.2, -0.15) is 0 Å². The van der Waals surface area contributed by atoms with Crippen LogP contribution >= 0.6 is 11.3 Å². The van der Waals surface area contributed by atoms with Gasteiger partial charge >= 0.3 is 5.97 Å². The number of hydrogen-bond acceptors (Lipinski definition) is 6. The summed E-state index contributed by atoms with van der Waals surface area (Å²) < 4.78 is 10.2. The third-order valence-corrected chi connectivity index (χ3v) is 3.01. The van der Waals surface area contributed by atoms with Gasteiger partial charge in [0.05, 0.1) is 7.11 Å². The fourth-order valence-electron chi connectivity index (χ4n) is 1.41. The van der Waals surface area contributed by atoms with Crippen molar-refractivity contribution in [2.24, 2.45) is 0 Å². The number of esters is 1. The maximum Gasteiger partial charge on any atom is 0.342 e. The maximum atomic E-state index is 11.9. The molecule has 18 heavy (non-hydrogen) atoms. The number of ether oxygens (including phenoxy) is 2. The molecule has 0 aliphatic rings. The van der Waals surface area contributed by atoms with E-state index in [9.17, 15) is 4.79 Å². The van der Waals surface area contributed by atoms with Crippen LogP contribution in [-0.4, -0.2) is 18.1 Å². The molecule has 1 aromatic carbocycles. The van der Waals surface area contributed by atoms with Crippen LogP contribution in [0.1, 0.15) is 15.4 Å². The molecule has 0 unspecified atom stereocenters. The fourth-order valence-corrected chi connectivity index (χ4v) is 1.94. The molecule has 0 aliphatic heterocycles. The van der Waals surface area contributed by atoms with Gasteiger partial charge in [-0.1, -0.05) is 0 Å².